The number of hydrogen-bond acceptors (Lipinski definition) is 4. The largest absolute Gasteiger partial charge is 0.497 e. The van der Waals surface area contributed by atoms with Crippen LogP contribution in [0, 0.1) is 0 Å². The summed E-state index contributed by atoms with van der Waals surface area (Å²) in [6.07, 6.45) is 3.27. The van der Waals surface area contributed by atoms with Crippen LogP contribution >= 0.6 is 0 Å². The molecule has 5 nitrogen and oxygen atoms in total. The number of ether oxygens (including phenoxy) is 2. The van der Waals surface area contributed by atoms with E-state index in [-0.39, 0.29) is 12.5 Å². The van der Waals surface area contributed by atoms with Gasteiger partial charge in [-0.05, 0) is 38.5 Å². The van der Waals surface area contributed by atoms with Gasteiger partial charge in [-0.1, -0.05) is 12.1 Å². The van der Waals surface area contributed by atoms with Gasteiger partial charge < -0.3 is 9.47 Å². The Morgan fingerprint density at radius 1 is 1.33 bits per heavy atom. The highest BCUT2D eigenvalue weighted by molar-refractivity contribution is 5.88. The van der Waals surface area contributed by atoms with Gasteiger partial charge in [0, 0.05) is 12.6 Å². The molecule has 0 aliphatic carbocycles. The quantitative estimate of drug-likeness (QED) is 0.723. The second-order valence-electron chi connectivity index (χ2n) is 6.14. The molecule has 1 aromatic heterocycles. The SMILES string of the molecule is CCOC(=O)c1cnn(C(CC(C)(C)F)c2ccc(OC)cc2)c1. The summed E-state index contributed by atoms with van der Waals surface area (Å²) in [4.78, 5) is 11.8. The molecule has 0 radical (unpaired) electrons. The van der Waals surface area contributed by atoms with Gasteiger partial charge in [-0.3, -0.25) is 4.68 Å². The Labute approximate surface area is 141 Å². The minimum atomic E-state index is -1.39. The van der Waals surface area contributed by atoms with Gasteiger partial charge >= 0.3 is 5.97 Å². The first kappa shape index (κ1) is 18.0. The van der Waals surface area contributed by atoms with Crippen molar-refractivity contribution in [3.05, 3.63) is 47.8 Å². The van der Waals surface area contributed by atoms with Crippen LogP contribution in [0.5, 0.6) is 5.75 Å². The van der Waals surface area contributed by atoms with Crippen molar-refractivity contribution in [2.75, 3.05) is 13.7 Å². The summed E-state index contributed by atoms with van der Waals surface area (Å²) < 4.78 is 26.0. The summed E-state index contributed by atoms with van der Waals surface area (Å²) >= 11 is 0. The number of aromatic nitrogens is 2. The Kier molecular flexibility index (Phi) is 5.59. The first-order valence-corrected chi connectivity index (χ1v) is 7.88. The highest BCUT2D eigenvalue weighted by Crippen LogP contribution is 2.30. The molecule has 0 bridgehead atoms. The van der Waals surface area contributed by atoms with Crippen LogP contribution < -0.4 is 4.74 Å². The van der Waals surface area contributed by atoms with Gasteiger partial charge in [0.1, 0.15) is 11.4 Å². The van der Waals surface area contributed by atoms with Crippen molar-refractivity contribution in [1.29, 1.82) is 0 Å². The third-order valence-electron chi connectivity index (χ3n) is 3.61. The molecule has 1 atom stereocenters. The molecule has 0 N–H and O–H groups in total. The van der Waals surface area contributed by atoms with Crippen molar-refractivity contribution in [2.45, 2.75) is 38.9 Å². The van der Waals surface area contributed by atoms with Gasteiger partial charge in [-0.2, -0.15) is 5.10 Å². The smallest absolute Gasteiger partial charge is 0.341 e. The zero-order valence-electron chi connectivity index (χ0n) is 14.5. The lowest BCUT2D eigenvalue weighted by Gasteiger charge is -2.24. The van der Waals surface area contributed by atoms with Crippen LogP contribution in [-0.2, 0) is 4.74 Å². The maximum absolute atomic E-state index is 14.3. The number of esters is 1. The Bertz CT molecular complexity index is 674. The Balaban J connectivity index is 2.33. The average Bonchev–Trinajstić information content (AvgIpc) is 3.02. The Morgan fingerprint density at radius 3 is 2.54 bits per heavy atom. The molecule has 0 saturated carbocycles. The molecule has 130 valence electrons. The van der Waals surface area contributed by atoms with Gasteiger partial charge in [0.15, 0.2) is 0 Å². The molecule has 2 aromatic rings. The van der Waals surface area contributed by atoms with E-state index >= 15 is 0 Å². The average molecular weight is 334 g/mol. The fourth-order valence-electron chi connectivity index (χ4n) is 2.48. The summed E-state index contributed by atoms with van der Waals surface area (Å²) in [6, 6.07) is 7.06. The fourth-order valence-corrected chi connectivity index (χ4v) is 2.48. The van der Waals surface area contributed by atoms with Crippen LogP contribution in [-0.4, -0.2) is 35.1 Å². The normalized spacial score (nSPS) is 12.7. The molecule has 0 spiro atoms. The molecule has 6 heteroatoms. The van der Waals surface area contributed by atoms with Crippen LogP contribution in [0.15, 0.2) is 36.7 Å². The zero-order valence-corrected chi connectivity index (χ0v) is 14.5. The monoisotopic (exact) mass is 334 g/mol. The van der Waals surface area contributed by atoms with Crippen molar-refractivity contribution in [3.8, 4) is 5.75 Å². The van der Waals surface area contributed by atoms with Crippen molar-refractivity contribution in [1.82, 2.24) is 9.78 Å². The predicted octanol–water partition coefficient (Wildman–Crippen LogP) is 3.80. The summed E-state index contributed by atoms with van der Waals surface area (Å²) in [5.74, 6) is 0.293. The number of rotatable bonds is 7. The lowest BCUT2D eigenvalue weighted by atomic mass is 9.95. The van der Waals surface area contributed by atoms with Crippen LogP contribution in [0.25, 0.3) is 0 Å². The third kappa shape index (κ3) is 4.57. The lowest BCUT2D eigenvalue weighted by Crippen LogP contribution is -2.22. The Hall–Kier alpha value is -2.37. The van der Waals surface area contributed by atoms with Gasteiger partial charge in [0.25, 0.3) is 0 Å². The zero-order chi connectivity index (χ0) is 17.7. The molecule has 1 aromatic carbocycles. The van der Waals surface area contributed by atoms with Crippen molar-refractivity contribution in [2.24, 2.45) is 0 Å². The maximum Gasteiger partial charge on any atom is 0.341 e. The molecular formula is C18H23FN2O3. The van der Waals surface area contributed by atoms with E-state index in [0.717, 1.165) is 11.3 Å². The van der Waals surface area contributed by atoms with Crippen LogP contribution in [0.2, 0.25) is 0 Å². The summed E-state index contributed by atoms with van der Waals surface area (Å²) in [5, 5.41) is 4.24. The predicted molar refractivity (Wildman–Crippen MR) is 89.1 cm³/mol. The van der Waals surface area contributed by atoms with Crippen molar-refractivity contribution < 1.29 is 18.7 Å². The van der Waals surface area contributed by atoms with E-state index in [4.69, 9.17) is 9.47 Å². The second-order valence-corrected chi connectivity index (χ2v) is 6.14. The van der Waals surface area contributed by atoms with Crippen LogP contribution in [0.1, 0.15) is 49.2 Å². The third-order valence-corrected chi connectivity index (χ3v) is 3.61. The van der Waals surface area contributed by atoms with Crippen LogP contribution in [0.3, 0.4) is 0 Å². The Morgan fingerprint density at radius 2 is 2.00 bits per heavy atom. The number of benzene rings is 1. The van der Waals surface area contributed by atoms with Gasteiger partial charge in [0.2, 0.25) is 0 Å². The summed E-state index contributed by atoms with van der Waals surface area (Å²) in [7, 11) is 1.59. The van der Waals surface area contributed by atoms with Gasteiger partial charge in [-0.25, -0.2) is 9.18 Å². The molecule has 1 heterocycles. The summed E-state index contributed by atoms with van der Waals surface area (Å²) in [6.45, 7) is 5.09. The fraction of sp³-hybridized carbons (Fsp3) is 0.444. The van der Waals surface area contributed by atoms with E-state index in [2.05, 4.69) is 5.10 Å². The molecular weight excluding hydrogens is 311 g/mol. The molecule has 24 heavy (non-hydrogen) atoms. The second kappa shape index (κ2) is 7.47. The maximum atomic E-state index is 14.3. The molecule has 0 fully saturated rings. The topological polar surface area (TPSA) is 53.3 Å². The van der Waals surface area contributed by atoms with Gasteiger partial charge in [-0.15, -0.1) is 0 Å². The van der Waals surface area contributed by atoms with E-state index in [1.54, 1.807) is 24.9 Å². The van der Waals surface area contributed by atoms with Crippen LogP contribution in [0.4, 0.5) is 4.39 Å². The molecule has 0 saturated heterocycles. The number of alkyl halides is 1. The number of nitrogens with zero attached hydrogens (tertiary/aromatic N) is 2. The number of halogens is 1. The lowest BCUT2D eigenvalue weighted by molar-refractivity contribution is 0.0526. The van der Waals surface area contributed by atoms with E-state index in [1.165, 1.54) is 20.0 Å². The van der Waals surface area contributed by atoms with E-state index in [0.29, 0.717) is 12.2 Å². The number of hydrogen-bond donors (Lipinski definition) is 0. The molecule has 0 amide bonds. The molecule has 0 aliphatic heterocycles. The van der Waals surface area contributed by atoms with Crippen molar-refractivity contribution >= 4 is 5.97 Å². The standard InChI is InChI=1S/C18H23FN2O3/c1-5-24-17(22)14-11-20-21(12-14)16(10-18(2,3)19)13-6-8-15(23-4)9-7-13/h6-9,11-12,16H,5,10H2,1-4H3. The molecule has 2 rings (SSSR count). The van der Waals surface area contributed by atoms with Crippen molar-refractivity contribution in [3.63, 3.8) is 0 Å². The van der Waals surface area contributed by atoms with E-state index < -0.39 is 11.6 Å². The highest BCUT2D eigenvalue weighted by Gasteiger charge is 2.26. The van der Waals surface area contributed by atoms with E-state index in [1.807, 2.05) is 24.3 Å². The first-order valence-electron chi connectivity index (χ1n) is 7.88. The minimum Gasteiger partial charge on any atom is -0.497 e. The van der Waals surface area contributed by atoms with E-state index in [9.17, 15) is 9.18 Å². The molecule has 0 aliphatic rings. The minimum absolute atomic E-state index is 0.225. The highest BCUT2D eigenvalue weighted by atomic mass is 19.1. The van der Waals surface area contributed by atoms with Gasteiger partial charge in [0.05, 0.1) is 31.5 Å². The first-order chi connectivity index (χ1) is 11.3. The number of carbonyl (C=O) groups is 1. The number of methoxy groups -OCH3 is 1. The summed E-state index contributed by atoms with van der Waals surface area (Å²) in [5.41, 5.74) is -0.146. The number of carbonyl (C=O) groups excluding carboxylic acids is 1. The molecule has 1 unspecified atom stereocenters.